The van der Waals surface area contributed by atoms with E-state index < -0.39 is 0 Å². The topological polar surface area (TPSA) is 21.3 Å². The molecule has 2 fully saturated rings. The lowest BCUT2D eigenvalue weighted by atomic mass is 9.92. The van der Waals surface area contributed by atoms with E-state index in [0.717, 1.165) is 36.1 Å². The fraction of sp³-hybridized carbons (Fsp3) is 0.600. The van der Waals surface area contributed by atoms with Gasteiger partial charge in [-0.1, -0.05) is 18.2 Å². The highest BCUT2D eigenvalue weighted by Crippen LogP contribution is 2.28. The summed E-state index contributed by atoms with van der Waals surface area (Å²) in [5.74, 6) is 4.20. The molecular formula is C15H21NOS. The highest BCUT2D eigenvalue weighted by molar-refractivity contribution is 8.00. The van der Waals surface area contributed by atoms with E-state index in [1.807, 2.05) is 11.8 Å². The normalized spacial score (nSPS) is 24.6. The smallest absolute Gasteiger partial charge is 0.123 e. The summed E-state index contributed by atoms with van der Waals surface area (Å²) in [6.45, 7) is 2.35. The van der Waals surface area contributed by atoms with E-state index in [4.69, 9.17) is 4.74 Å². The van der Waals surface area contributed by atoms with Crippen molar-refractivity contribution in [1.82, 2.24) is 5.32 Å². The Hall–Kier alpha value is -0.670. The first-order valence-electron chi connectivity index (χ1n) is 6.95. The summed E-state index contributed by atoms with van der Waals surface area (Å²) >= 11 is 1.97. The summed E-state index contributed by atoms with van der Waals surface area (Å²) < 4.78 is 6.08. The van der Waals surface area contributed by atoms with Gasteiger partial charge in [-0.25, -0.2) is 0 Å². The summed E-state index contributed by atoms with van der Waals surface area (Å²) in [5, 5.41) is 3.49. The number of rotatable bonds is 4. The van der Waals surface area contributed by atoms with Crippen LogP contribution in [-0.4, -0.2) is 30.7 Å². The van der Waals surface area contributed by atoms with Gasteiger partial charge in [-0.3, -0.25) is 0 Å². The Morgan fingerprint density at radius 1 is 1.28 bits per heavy atom. The van der Waals surface area contributed by atoms with Crippen LogP contribution < -0.4 is 10.1 Å². The van der Waals surface area contributed by atoms with E-state index in [2.05, 4.69) is 29.6 Å². The summed E-state index contributed by atoms with van der Waals surface area (Å²) in [6, 6.07) is 8.59. The van der Waals surface area contributed by atoms with Crippen LogP contribution in [0.3, 0.4) is 0 Å². The van der Waals surface area contributed by atoms with Crippen LogP contribution in [0, 0.1) is 5.92 Å². The van der Waals surface area contributed by atoms with Crippen LogP contribution in [0.25, 0.3) is 0 Å². The summed E-state index contributed by atoms with van der Waals surface area (Å²) in [4.78, 5) is 0. The fourth-order valence-electron chi connectivity index (χ4n) is 2.66. The van der Waals surface area contributed by atoms with Crippen molar-refractivity contribution in [2.45, 2.75) is 25.4 Å². The second-order valence-corrected chi connectivity index (χ2v) is 6.38. The zero-order chi connectivity index (χ0) is 12.2. The Labute approximate surface area is 113 Å². The van der Waals surface area contributed by atoms with Crippen LogP contribution in [0.4, 0.5) is 0 Å². The van der Waals surface area contributed by atoms with Crippen molar-refractivity contribution >= 4 is 11.8 Å². The second-order valence-electron chi connectivity index (χ2n) is 5.30. The maximum atomic E-state index is 6.08. The Balaban J connectivity index is 1.65. The van der Waals surface area contributed by atoms with Crippen LogP contribution in [0.15, 0.2) is 24.3 Å². The molecule has 2 heterocycles. The molecule has 0 aliphatic carbocycles. The lowest BCUT2D eigenvalue weighted by Crippen LogP contribution is -2.32. The van der Waals surface area contributed by atoms with Gasteiger partial charge in [0, 0.05) is 11.5 Å². The lowest BCUT2D eigenvalue weighted by molar-refractivity contribution is 0.236. The van der Waals surface area contributed by atoms with Gasteiger partial charge in [0.05, 0.1) is 0 Å². The molecule has 2 aliphatic rings. The zero-order valence-corrected chi connectivity index (χ0v) is 11.5. The molecule has 0 spiro atoms. The molecule has 1 atom stereocenters. The molecule has 3 heteroatoms. The van der Waals surface area contributed by atoms with Crippen molar-refractivity contribution in [1.29, 1.82) is 0 Å². The predicted molar refractivity (Wildman–Crippen MR) is 77.5 cm³/mol. The van der Waals surface area contributed by atoms with Gasteiger partial charge in [0.15, 0.2) is 0 Å². The molecule has 0 saturated carbocycles. The molecule has 3 rings (SSSR count). The van der Waals surface area contributed by atoms with Crippen LogP contribution in [0.2, 0.25) is 0 Å². The number of piperidine rings is 1. The minimum atomic E-state index is 0.445. The second kappa shape index (κ2) is 5.98. The molecule has 0 bridgehead atoms. The molecule has 1 N–H and O–H groups in total. The van der Waals surface area contributed by atoms with Crippen molar-refractivity contribution in [3.63, 3.8) is 0 Å². The van der Waals surface area contributed by atoms with Gasteiger partial charge in [0.2, 0.25) is 0 Å². The Morgan fingerprint density at radius 2 is 2.17 bits per heavy atom. The van der Waals surface area contributed by atoms with E-state index in [1.54, 1.807) is 0 Å². The van der Waals surface area contributed by atoms with E-state index in [0.29, 0.717) is 6.10 Å². The van der Waals surface area contributed by atoms with Gasteiger partial charge in [-0.05, 0) is 49.9 Å². The number of thioether (sulfide) groups is 1. The fourth-order valence-corrected chi connectivity index (χ4v) is 3.22. The van der Waals surface area contributed by atoms with Crippen LogP contribution in [0.5, 0.6) is 5.75 Å². The molecule has 18 heavy (non-hydrogen) atoms. The quantitative estimate of drug-likeness (QED) is 0.902. The predicted octanol–water partition coefficient (Wildman–Crippen LogP) is 2.72. The average Bonchev–Trinajstić information content (AvgIpc) is 2.37. The highest BCUT2D eigenvalue weighted by atomic mass is 32.2. The standard InChI is InChI=1S/C15H21NOS/c1-2-6-15(17-14-10-18-11-14)13(5-1)8-12-4-3-7-16-9-12/h1-2,5-6,12,14,16H,3-4,7-11H2. The van der Waals surface area contributed by atoms with Gasteiger partial charge in [-0.2, -0.15) is 11.8 Å². The molecule has 2 aliphatic heterocycles. The molecule has 1 aromatic rings. The van der Waals surface area contributed by atoms with Crippen molar-refractivity contribution in [2.24, 2.45) is 5.92 Å². The molecule has 0 aromatic heterocycles. The Morgan fingerprint density at radius 3 is 2.89 bits per heavy atom. The monoisotopic (exact) mass is 263 g/mol. The van der Waals surface area contributed by atoms with Gasteiger partial charge in [0.25, 0.3) is 0 Å². The van der Waals surface area contributed by atoms with Crippen molar-refractivity contribution in [2.75, 3.05) is 24.6 Å². The Bertz CT molecular complexity index is 386. The molecular weight excluding hydrogens is 242 g/mol. The third kappa shape index (κ3) is 3.01. The molecule has 98 valence electrons. The van der Waals surface area contributed by atoms with Crippen LogP contribution in [0.1, 0.15) is 18.4 Å². The number of nitrogens with one attached hydrogen (secondary N) is 1. The van der Waals surface area contributed by atoms with Crippen LogP contribution in [-0.2, 0) is 6.42 Å². The molecule has 2 saturated heterocycles. The maximum Gasteiger partial charge on any atom is 0.123 e. The summed E-state index contributed by atoms with van der Waals surface area (Å²) in [5.41, 5.74) is 1.39. The van der Waals surface area contributed by atoms with E-state index in [1.165, 1.54) is 24.9 Å². The number of hydrogen-bond acceptors (Lipinski definition) is 3. The summed E-state index contributed by atoms with van der Waals surface area (Å²) in [7, 11) is 0. The minimum Gasteiger partial charge on any atom is -0.488 e. The van der Waals surface area contributed by atoms with Crippen molar-refractivity contribution in [3.8, 4) is 5.75 Å². The largest absolute Gasteiger partial charge is 0.488 e. The SMILES string of the molecule is c1ccc(OC2CSC2)c(CC2CCCNC2)c1. The minimum absolute atomic E-state index is 0.445. The molecule has 1 unspecified atom stereocenters. The van der Waals surface area contributed by atoms with Gasteiger partial charge < -0.3 is 10.1 Å². The Kier molecular flexibility index (Phi) is 4.11. The van der Waals surface area contributed by atoms with Gasteiger partial charge in [0.1, 0.15) is 11.9 Å². The zero-order valence-electron chi connectivity index (χ0n) is 10.7. The van der Waals surface area contributed by atoms with Crippen molar-refractivity contribution < 1.29 is 4.74 Å². The molecule has 0 radical (unpaired) electrons. The van der Waals surface area contributed by atoms with E-state index in [9.17, 15) is 0 Å². The lowest BCUT2D eigenvalue weighted by Gasteiger charge is -2.28. The highest BCUT2D eigenvalue weighted by Gasteiger charge is 2.22. The number of para-hydroxylation sites is 1. The maximum absolute atomic E-state index is 6.08. The van der Waals surface area contributed by atoms with Crippen molar-refractivity contribution in [3.05, 3.63) is 29.8 Å². The van der Waals surface area contributed by atoms with Gasteiger partial charge >= 0.3 is 0 Å². The molecule has 0 amide bonds. The first-order valence-corrected chi connectivity index (χ1v) is 8.10. The first-order chi connectivity index (χ1) is 8.92. The summed E-state index contributed by atoms with van der Waals surface area (Å²) in [6.07, 6.45) is 4.26. The first kappa shape index (κ1) is 12.4. The van der Waals surface area contributed by atoms with Crippen LogP contribution >= 0.6 is 11.8 Å². The third-order valence-electron chi connectivity index (χ3n) is 3.78. The number of benzene rings is 1. The number of ether oxygens (including phenoxy) is 1. The van der Waals surface area contributed by atoms with E-state index >= 15 is 0 Å². The van der Waals surface area contributed by atoms with E-state index in [-0.39, 0.29) is 0 Å². The molecule has 2 nitrogen and oxygen atoms in total. The number of hydrogen-bond donors (Lipinski definition) is 1. The molecule has 1 aromatic carbocycles. The average molecular weight is 263 g/mol. The van der Waals surface area contributed by atoms with Gasteiger partial charge in [-0.15, -0.1) is 0 Å². The third-order valence-corrected chi connectivity index (χ3v) is 5.00.